The van der Waals surface area contributed by atoms with E-state index in [1.807, 2.05) is 36.4 Å². The summed E-state index contributed by atoms with van der Waals surface area (Å²) in [6, 6.07) is 28.2. The average molecular weight is 493 g/mol. The van der Waals surface area contributed by atoms with Gasteiger partial charge in [0.25, 0.3) is 0 Å². The molecule has 7 nitrogen and oxygen atoms in total. The second-order valence-electron chi connectivity index (χ2n) is 8.70. The fourth-order valence-electron chi connectivity index (χ4n) is 4.89. The van der Waals surface area contributed by atoms with E-state index in [4.69, 9.17) is 19.6 Å². The van der Waals surface area contributed by atoms with E-state index < -0.39 is 12.1 Å². The van der Waals surface area contributed by atoms with Gasteiger partial charge in [-0.05, 0) is 52.1 Å². The highest BCUT2D eigenvalue weighted by Crippen LogP contribution is 2.44. The molecule has 7 heteroatoms. The van der Waals surface area contributed by atoms with Crippen LogP contribution in [0.3, 0.4) is 0 Å². The van der Waals surface area contributed by atoms with Crippen molar-refractivity contribution in [1.29, 1.82) is 5.39 Å². The standard InChI is InChI=1S/C30H25N3O4/c1-35-21-15-16-26(28(17-21)36-2)29(19-11-13-20(33-31)14-12-19)32-30(34)37-18-27-24-9-5-3-7-22(24)23-8-4-6-10-25(23)27/h3-17,27,29H,18H2,1-2H3/p+1. The molecule has 1 aliphatic rings. The Bertz CT molecular complexity index is 1430. The van der Waals surface area contributed by atoms with Crippen molar-refractivity contribution in [3.8, 4) is 22.6 Å². The molecule has 1 unspecified atom stereocenters. The first-order chi connectivity index (χ1) is 18.1. The number of carbonyl (C=O) groups excluding carboxylic acids is 1. The van der Waals surface area contributed by atoms with Gasteiger partial charge in [0.1, 0.15) is 18.1 Å². The molecule has 0 spiro atoms. The van der Waals surface area contributed by atoms with Crippen LogP contribution in [0.1, 0.15) is 34.2 Å². The highest BCUT2D eigenvalue weighted by atomic mass is 16.5. The van der Waals surface area contributed by atoms with E-state index in [1.165, 1.54) is 11.1 Å². The van der Waals surface area contributed by atoms with Crippen molar-refractivity contribution in [3.05, 3.63) is 118 Å². The van der Waals surface area contributed by atoms with Gasteiger partial charge in [-0.15, -0.1) is 0 Å². The van der Waals surface area contributed by atoms with E-state index in [0.717, 1.165) is 22.3 Å². The number of hydrogen-bond acceptors (Lipinski definition) is 5. The largest absolute Gasteiger partial charge is 0.497 e. The molecule has 0 saturated carbocycles. The van der Waals surface area contributed by atoms with Crippen LogP contribution < -0.4 is 14.8 Å². The molecule has 0 bridgehead atoms. The minimum absolute atomic E-state index is 0.0439. The van der Waals surface area contributed by atoms with Crippen molar-refractivity contribution < 1.29 is 19.0 Å². The van der Waals surface area contributed by atoms with E-state index in [2.05, 4.69) is 34.6 Å². The zero-order valence-corrected chi connectivity index (χ0v) is 20.5. The molecular weight excluding hydrogens is 466 g/mol. The molecule has 184 valence electrons. The zero-order valence-electron chi connectivity index (χ0n) is 20.5. The minimum atomic E-state index is -0.579. The number of carbonyl (C=O) groups is 1. The summed E-state index contributed by atoms with van der Waals surface area (Å²) in [5.41, 5.74) is 6.53. The van der Waals surface area contributed by atoms with Crippen molar-refractivity contribution in [2.24, 2.45) is 0 Å². The highest BCUT2D eigenvalue weighted by Gasteiger charge is 2.30. The van der Waals surface area contributed by atoms with Crippen molar-refractivity contribution in [2.75, 3.05) is 20.8 Å². The predicted molar refractivity (Wildman–Crippen MR) is 141 cm³/mol. The third-order valence-corrected chi connectivity index (χ3v) is 6.70. The van der Waals surface area contributed by atoms with Crippen LogP contribution in [0.5, 0.6) is 11.5 Å². The normalized spacial score (nSPS) is 12.6. The zero-order chi connectivity index (χ0) is 25.8. The summed E-state index contributed by atoms with van der Waals surface area (Å²) in [6.45, 7) is 0.203. The summed E-state index contributed by atoms with van der Waals surface area (Å²) in [5, 5.41) is 12.1. The minimum Gasteiger partial charge on any atom is -0.497 e. The topological polar surface area (TPSA) is 84.9 Å². The summed E-state index contributed by atoms with van der Waals surface area (Å²) in [5.74, 6) is 1.15. The summed E-state index contributed by atoms with van der Waals surface area (Å²) >= 11 is 0. The number of nitrogens with one attached hydrogen (secondary N) is 1. The van der Waals surface area contributed by atoms with Crippen LogP contribution in [0.25, 0.3) is 16.1 Å². The van der Waals surface area contributed by atoms with Gasteiger partial charge >= 0.3 is 11.8 Å². The third-order valence-electron chi connectivity index (χ3n) is 6.70. The van der Waals surface area contributed by atoms with Gasteiger partial charge in [-0.1, -0.05) is 48.5 Å². The lowest BCUT2D eigenvalue weighted by molar-refractivity contribution is 0.140. The number of hydrogen-bond donors (Lipinski definition) is 1. The lowest BCUT2D eigenvalue weighted by atomic mass is 9.97. The summed E-state index contributed by atoms with van der Waals surface area (Å²) in [4.78, 5) is 16.4. The predicted octanol–water partition coefficient (Wildman–Crippen LogP) is 6.82. The van der Waals surface area contributed by atoms with Gasteiger partial charge in [0, 0.05) is 29.7 Å². The number of alkyl carbamates (subject to hydrolysis) is 1. The molecule has 4 aromatic carbocycles. The fourth-order valence-corrected chi connectivity index (χ4v) is 4.89. The van der Waals surface area contributed by atoms with E-state index in [1.54, 1.807) is 44.6 Å². The van der Waals surface area contributed by atoms with Crippen molar-refractivity contribution in [1.82, 2.24) is 5.32 Å². The van der Waals surface area contributed by atoms with Gasteiger partial charge in [0.15, 0.2) is 4.98 Å². The van der Waals surface area contributed by atoms with Crippen LogP contribution in [0.2, 0.25) is 0 Å². The van der Waals surface area contributed by atoms with Gasteiger partial charge in [0.05, 0.1) is 20.3 Å². The molecule has 0 aromatic heterocycles. The molecule has 0 fully saturated rings. The molecule has 4 aromatic rings. The maximum absolute atomic E-state index is 13.2. The van der Waals surface area contributed by atoms with Gasteiger partial charge in [-0.25, -0.2) is 4.79 Å². The maximum atomic E-state index is 13.2. The maximum Gasteiger partial charge on any atom is 0.407 e. The van der Waals surface area contributed by atoms with E-state index in [-0.39, 0.29) is 12.5 Å². The van der Waals surface area contributed by atoms with Crippen LogP contribution in [0.15, 0.2) is 91.0 Å². The van der Waals surface area contributed by atoms with Crippen molar-refractivity contribution in [3.63, 3.8) is 0 Å². The Balaban J connectivity index is 1.40. The first-order valence-electron chi connectivity index (χ1n) is 11.9. The van der Waals surface area contributed by atoms with E-state index in [9.17, 15) is 4.79 Å². The molecule has 0 aliphatic heterocycles. The number of rotatable bonds is 7. The first-order valence-corrected chi connectivity index (χ1v) is 11.9. The van der Waals surface area contributed by atoms with Gasteiger partial charge in [-0.3, -0.25) is 0 Å². The van der Waals surface area contributed by atoms with Crippen LogP contribution in [0, 0.1) is 5.39 Å². The SMILES string of the molecule is COc1ccc(C(NC(=O)OCC2c3ccccc3-c3ccccc32)c2ccc([N+]#N)cc2)c(OC)c1. The van der Waals surface area contributed by atoms with Crippen LogP contribution in [-0.4, -0.2) is 26.9 Å². The number of nitrogens with zero attached hydrogens (tertiary/aromatic N) is 2. The molecule has 0 saturated heterocycles. The van der Waals surface area contributed by atoms with E-state index in [0.29, 0.717) is 17.2 Å². The third kappa shape index (κ3) is 4.69. The Kier molecular flexibility index (Phi) is 6.73. The Morgan fingerprint density at radius 1 is 0.892 bits per heavy atom. The molecule has 1 N–H and O–H groups in total. The van der Waals surface area contributed by atoms with Gasteiger partial charge in [0.2, 0.25) is 5.39 Å². The molecule has 37 heavy (non-hydrogen) atoms. The van der Waals surface area contributed by atoms with Crippen molar-refractivity contribution in [2.45, 2.75) is 12.0 Å². The first kappa shape index (κ1) is 23.9. The number of methoxy groups -OCH3 is 2. The second kappa shape index (κ2) is 10.4. The number of diazo groups is 1. The van der Waals surface area contributed by atoms with Crippen LogP contribution in [-0.2, 0) is 4.74 Å². The number of amides is 1. The second-order valence-corrected chi connectivity index (χ2v) is 8.70. The Morgan fingerprint density at radius 2 is 1.54 bits per heavy atom. The fraction of sp³-hybridized carbons (Fsp3) is 0.167. The highest BCUT2D eigenvalue weighted by molar-refractivity contribution is 5.79. The molecule has 5 rings (SSSR count). The molecule has 0 heterocycles. The molecule has 1 atom stereocenters. The van der Waals surface area contributed by atoms with Crippen molar-refractivity contribution >= 4 is 11.8 Å². The molecular formula is C30H26N3O4+. The quantitative estimate of drug-likeness (QED) is 0.286. The smallest absolute Gasteiger partial charge is 0.407 e. The van der Waals surface area contributed by atoms with Gasteiger partial charge in [-0.2, -0.15) is 0 Å². The van der Waals surface area contributed by atoms with Crippen LogP contribution >= 0.6 is 0 Å². The summed E-state index contributed by atoms with van der Waals surface area (Å²) < 4.78 is 16.7. The van der Waals surface area contributed by atoms with Gasteiger partial charge < -0.3 is 19.5 Å². The molecule has 1 aliphatic carbocycles. The van der Waals surface area contributed by atoms with Crippen LogP contribution in [0.4, 0.5) is 10.5 Å². The number of ether oxygens (including phenoxy) is 3. The lowest BCUT2D eigenvalue weighted by Crippen LogP contribution is -2.31. The molecule has 0 radical (unpaired) electrons. The molecule has 1 amide bonds. The number of fused-ring (bicyclic) bond motifs is 3. The summed E-state index contributed by atoms with van der Waals surface area (Å²) in [6.07, 6.45) is -0.555. The number of benzene rings is 4. The Morgan fingerprint density at radius 3 is 2.14 bits per heavy atom. The summed E-state index contributed by atoms with van der Waals surface area (Å²) in [7, 11) is 3.15. The van der Waals surface area contributed by atoms with E-state index >= 15 is 0 Å². The lowest BCUT2D eigenvalue weighted by Gasteiger charge is -2.23. The monoisotopic (exact) mass is 492 g/mol. The average Bonchev–Trinajstić information content (AvgIpc) is 3.28. The Hall–Kier alpha value is -4.83. The Labute approximate surface area is 215 Å².